The fraction of sp³-hybridized carbons (Fsp3) is 0.480. The minimum Gasteiger partial charge on any atom is -0.374 e. The standard InChI is InChI=1S/C25H31BrN4O4/c1-5-23(32)29-11-18(12-29)27-22(31)14-30-16(4)24(19-10-17(26)6-7-20(19)30)25(33)28-8-9-34-21(13-28)15(2)3/h5-7,10,15,18,21H,1,8-9,11-14H2,2-4H3,(H,27,31)/t21-/m0/s1. The molecule has 2 aliphatic heterocycles. The van der Waals surface area contributed by atoms with Crippen LogP contribution >= 0.6 is 15.9 Å². The van der Waals surface area contributed by atoms with E-state index < -0.39 is 0 Å². The first-order chi connectivity index (χ1) is 16.2. The Balaban J connectivity index is 1.56. The number of nitrogens with one attached hydrogen (secondary N) is 1. The number of aromatic nitrogens is 1. The summed E-state index contributed by atoms with van der Waals surface area (Å²) in [5, 5.41) is 3.81. The molecule has 0 spiro atoms. The van der Waals surface area contributed by atoms with Crippen LogP contribution in [-0.4, -0.2) is 77.0 Å². The van der Waals surface area contributed by atoms with Crippen LogP contribution in [0.1, 0.15) is 29.9 Å². The maximum absolute atomic E-state index is 13.7. The van der Waals surface area contributed by atoms with Crippen molar-refractivity contribution in [2.45, 2.75) is 39.5 Å². The molecule has 34 heavy (non-hydrogen) atoms. The van der Waals surface area contributed by atoms with E-state index in [0.29, 0.717) is 44.3 Å². The lowest BCUT2D eigenvalue weighted by atomic mass is 10.0. The zero-order valence-corrected chi connectivity index (χ0v) is 21.4. The van der Waals surface area contributed by atoms with E-state index in [2.05, 4.69) is 41.7 Å². The highest BCUT2D eigenvalue weighted by molar-refractivity contribution is 9.10. The molecule has 1 N–H and O–H groups in total. The second kappa shape index (κ2) is 9.92. The topological polar surface area (TPSA) is 83.9 Å². The normalized spacial score (nSPS) is 18.8. The van der Waals surface area contributed by atoms with Crippen LogP contribution in [0.4, 0.5) is 0 Å². The van der Waals surface area contributed by atoms with E-state index in [-0.39, 0.29) is 36.4 Å². The zero-order chi connectivity index (χ0) is 24.6. The molecule has 0 radical (unpaired) electrons. The van der Waals surface area contributed by atoms with Gasteiger partial charge in [-0.15, -0.1) is 0 Å². The molecule has 0 saturated carbocycles. The molecule has 1 aromatic heterocycles. The lowest BCUT2D eigenvalue weighted by molar-refractivity contribution is -0.133. The minimum absolute atomic E-state index is 0.0129. The highest BCUT2D eigenvalue weighted by Crippen LogP contribution is 2.30. The van der Waals surface area contributed by atoms with Gasteiger partial charge in [-0.1, -0.05) is 36.4 Å². The molecule has 3 amide bonds. The van der Waals surface area contributed by atoms with Gasteiger partial charge >= 0.3 is 0 Å². The van der Waals surface area contributed by atoms with Gasteiger partial charge in [-0.05, 0) is 37.1 Å². The Labute approximate surface area is 208 Å². The summed E-state index contributed by atoms with van der Waals surface area (Å²) in [6.07, 6.45) is 1.29. The van der Waals surface area contributed by atoms with Crippen LogP contribution in [-0.2, 0) is 20.9 Å². The number of halogens is 1. The van der Waals surface area contributed by atoms with Gasteiger partial charge in [0.2, 0.25) is 11.8 Å². The second-order valence-corrected chi connectivity index (χ2v) is 10.2. The SMILES string of the molecule is C=CC(=O)N1CC(NC(=O)Cn2c(C)c(C(=O)N3CCO[C@H](C(C)C)C3)c3cc(Br)ccc32)C1. The van der Waals surface area contributed by atoms with Gasteiger partial charge in [-0.3, -0.25) is 14.4 Å². The molecule has 2 fully saturated rings. The number of carbonyl (C=O) groups excluding carboxylic acids is 3. The van der Waals surface area contributed by atoms with Crippen LogP contribution in [0.15, 0.2) is 35.3 Å². The van der Waals surface area contributed by atoms with E-state index in [4.69, 9.17) is 4.74 Å². The number of ether oxygens (including phenoxy) is 1. The van der Waals surface area contributed by atoms with Crippen molar-refractivity contribution in [3.63, 3.8) is 0 Å². The van der Waals surface area contributed by atoms with Crippen molar-refractivity contribution in [2.24, 2.45) is 5.92 Å². The van der Waals surface area contributed by atoms with Gasteiger partial charge in [0, 0.05) is 47.2 Å². The molecule has 2 aromatic rings. The fourth-order valence-corrected chi connectivity index (χ4v) is 5.01. The second-order valence-electron chi connectivity index (χ2n) is 9.32. The number of hydrogen-bond donors (Lipinski definition) is 1. The molecule has 1 aromatic carbocycles. The quantitative estimate of drug-likeness (QED) is 0.582. The summed E-state index contributed by atoms with van der Waals surface area (Å²) in [6, 6.07) is 5.71. The number of rotatable bonds is 6. The smallest absolute Gasteiger partial charge is 0.256 e. The molecule has 0 aliphatic carbocycles. The van der Waals surface area contributed by atoms with E-state index in [1.807, 2.05) is 34.6 Å². The number of hydrogen-bond acceptors (Lipinski definition) is 4. The monoisotopic (exact) mass is 530 g/mol. The van der Waals surface area contributed by atoms with Crippen LogP contribution in [0.3, 0.4) is 0 Å². The third kappa shape index (κ3) is 4.77. The highest BCUT2D eigenvalue weighted by Gasteiger charge is 2.32. The summed E-state index contributed by atoms with van der Waals surface area (Å²) in [7, 11) is 0. The number of benzene rings is 1. The van der Waals surface area contributed by atoms with Crippen LogP contribution in [0.25, 0.3) is 10.9 Å². The zero-order valence-electron chi connectivity index (χ0n) is 19.8. The van der Waals surface area contributed by atoms with E-state index in [1.165, 1.54) is 6.08 Å². The van der Waals surface area contributed by atoms with Gasteiger partial charge in [0.1, 0.15) is 6.54 Å². The van der Waals surface area contributed by atoms with E-state index in [1.54, 1.807) is 4.90 Å². The number of nitrogens with zero attached hydrogens (tertiary/aromatic N) is 3. The average molecular weight is 531 g/mol. The predicted octanol–water partition coefficient (Wildman–Crippen LogP) is 2.72. The maximum Gasteiger partial charge on any atom is 0.256 e. The van der Waals surface area contributed by atoms with Crippen LogP contribution < -0.4 is 5.32 Å². The van der Waals surface area contributed by atoms with E-state index in [9.17, 15) is 14.4 Å². The summed E-state index contributed by atoms with van der Waals surface area (Å²) in [4.78, 5) is 41.6. The number of amides is 3. The Morgan fingerprint density at radius 2 is 1.97 bits per heavy atom. The Hall–Kier alpha value is -2.65. The molecule has 8 nitrogen and oxygen atoms in total. The predicted molar refractivity (Wildman–Crippen MR) is 134 cm³/mol. The van der Waals surface area contributed by atoms with Crippen LogP contribution in [0.5, 0.6) is 0 Å². The number of fused-ring (bicyclic) bond motifs is 1. The van der Waals surface area contributed by atoms with Gasteiger partial charge in [-0.2, -0.15) is 0 Å². The fourth-order valence-electron chi connectivity index (χ4n) is 4.65. The first-order valence-electron chi connectivity index (χ1n) is 11.6. The largest absolute Gasteiger partial charge is 0.374 e. The van der Waals surface area contributed by atoms with Crippen molar-refractivity contribution >= 4 is 44.6 Å². The van der Waals surface area contributed by atoms with Crippen molar-refractivity contribution in [3.05, 3.63) is 46.6 Å². The first-order valence-corrected chi connectivity index (χ1v) is 12.4. The molecule has 9 heteroatoms. The van der Waals surface area contributed by atoms with Crippen molar-refractivity contribution in [2.75, 3.05) is 32.8 Å². The molecule has 1 atom stereocenters. The van der Waals surface area contributed by atoms with E-state index >= 15 is 0 Å². The number of carbonyl (C=O) groups is 3. The Kier molecular flexibility index (Phi) is 7.14. The van der Waals surface area contributed by atoms with Gasteiger partial charge in [-0.25, -0.2) is 0 Å². The Bertz CT molecular complexity index is 1140. The minimum atomic E-state index is -0.149. The first kappa shape index (κ1) is 24.5. The van der Waals surface area contributed by atoms with Crippen molar-refractivity contribution in [1.29, 1.82) is 0 Å². The Morgan fingerprint density at radius 1 is 1.24 bits per heavy atom. The highest BCUT2D eigenvalue weighted by atomic mass is 79.9. The number of likely N-dealkylation sites (tertiary alicyclic amines) is 1. The molecule has 2 saturated heterocycles. The molecule has 182 valence electrons. The third-order valence-corrected chi connectivity index (χ3v) is 7.15. The van der Waals surface area contributed by atoms with E-state index in [0.717, 1.165) is 21.1 Å². The molecule has 0 unspecified atom stereocenters. The number of morpholine rings is 1. The summed E-state index contributed by atoms with van der Waals surface area (Å²) in [5.41, 5.74) is 2.22. The maximum atomic E-state index is 13.7. The van der Waals surface area contributed by atoms with Crippen molar-refractivity contribution in [3.8, 4) is 0 Å². The van der Waals surface area contributed by atoms with Crippen molar-refractivity contribution < 1.29 is 19.1 Å². The van der Waals surface area contributed by atoms with Gasteiger partial charge in [0.15, 0.2) is 0 Å². The Morgan fingerprint density at radius 3 is 2.65 bits per heavy atom. The molecule has 0 bridgehead atoms. The molecular formula is C25H31BrN4O4. The lowest BCUT2D eigenvalue weighted by Gasteiger charge is -2.38. The average Bonchev–Trinajstić information content (AvgIpc) is 3.05. The molecule has 4 rings (SSSR count). The van der Waals surface area contributed by atoms with Crippen molar-refractivity contribution in [1.82, 2.24) is 19.7 Å². The molecule has 3 heterocycles. The molecule has 2 aliphatic rings. The lowest BCUT2D eigenvalue weighted by Crippen LogP contribution is -2.61. The van der Waals surface area contributed by atoms with Crippen LogP contribution in [0.2, 0.25) is 0 Å². The molecular weight excluding hydrogens is 500 g/mol. The summed E-state index contributed by atoms with van der Waals surface area (Å²) in [5.74, 6) is 0.00419. The summed E-state index contributed by atoms with van der Waals surface area (Å²) in [6.45, 7) is 12.3. The summed E-state index contributed by atoms with van der Waals surface area (Å²) >= 11 is 3.53. The van der Waals surface area contributed by atoms with Gasteiger partial charge in [0.05, 0.1) is 24.3 Å². The third-order valence-electron chi connectivity index (χ3n) is 6.66. The summed E-state index contributed by atoms with van der Waals surface area (Å²) < 4.78 is 8.62. The van der Waals surface area contributed by atoms with Crippen LogP contribution in [0, 0.1) is 12.8 Å². The van der Waals surface area contributed by atoms with Gasteiger partial charge < -0.3 is 24.4 Å². The van der Waals surface area contributed by atoms with Gasteiger partial charge in [0.25, 0.3) is 5.91 Å².